The first-order valence-electron chi connectivity index (χ1n) is 8.65. The molecule has 0 aliphatic carbocycles. The van der Waals surface area contributed by atoms with Crippen molar-refractivity contribution in [3.8, 4) is 11.1 Å². The summed E-state index contributed by atoms with van der Waals surface area (Å²) in [4.78, 5) is 24.5. The minimum absolute atomic E-state index is 0.145. The van der Waals surface area contributed by atoms with Crippen LogP contribution in [0.25, 0.3) is 11.1 Å². The maximum absolute atomic E-state index is 13.5. The summed E-state index contributed by atoms with van der Waals surface area (Å²) in [5.74, 6) is 0. The minimum atomic E-state index is -3.28. The Hall–Kier alpha value is -2.96. The van der Waals surface area contributed by atoms with Crippen molar-refractivity contribution in [3.05, 3.63) is 60.2 Å². The molecule has 1 aliphatic heterocycles. The fraction of sp³-hybridized carbons (Fsp3) is 0.300. The number of carbonyl (C=O) groups is 2. The molecule has 2 aromatic carbocycles. The highest BCUT2D eigenvalue weighted by atomic mass is 19.3. The van der Waals surface area contributed by atoms with E-state index >= 15 is 0 Å². The van der Waals surface area contributed by atoms with Gasteiger partial charge in [0.15, 0.2) is 0 Å². The summed E-state index contributed by atoms with van der Waals surface area (Å²) in [7, 11) is 0. The standard InChI is InChI=1S/C20H20F2N2O3/c1-14(24(19(26)27)18(25)23-12-11-20(23,21)22)13-15-7-9-17(10-8-15)16-5-3-2-4-6-16/h2-10,14H,11-13H2,1H3,(H,26,27). The van der Waals surface area contributed by atoms with Crippen molar-refractivity contribution in [2.75, 3.05) is 6.54 Å². The molecule has 1 aliphatic rings. The molecular formula is C20H20F2N2O3. The van der Waals surface area contributed by atoms with E-state index in [1.165, 1.54) is 6.92 Å². The van der Waals surface area contributed by atoms with Crippen LogP contribution >= 0.6 is 0 Å². The van der Waals surface area contributed by atoms with Crippen LogP contribution in [0.5, 0.6) is 0 Å². The molecule has 1 N–H and O–H groups in total. The molecule has 0 radical (unpaired) electrons. The molecule has 3 rings (SSSR count). The van der Waals surface area contributed by atoms with E-state index in [4.69, 9.17) is 0 Å². The van der Waals surface area contributed by atoms with Gasteiger partial charge in [-0.05, 0) is 30.0 Å². The van der Waals surface area contributed by atoms with Crippen LogP contribution in [-0.4, -0.2) is 45.7 Å². The lowest BCUT2D eigenvalue weighted by atomic mass is 10.0. The monoisotopic (exact) mass is 374 g/mol. The lowest BCUT2D eigenvalue weighted by molar-refractivity contribution is -0.191. The van der Waals surface area contributed by atoms with Crippen LogP contribution in [0.15, 0.2) is 54.6 Å². The second kappa shape index (κ2) is 7.34. The van der Waals surface area contributed by atoms with Gasteiger partial charge in [-0.25, -0.2) is 14.5 Å². The Morgan fingerprint density at radius 2 is 1.70 bits per heavy atom. The van der Waals surface area contributed by atoms with E-state index in [0.29, 0.717) is 9.80 Å². The van der Waals surface area contributed by atoms with Crippen molar-refractivity contribution < 1.29 is 23.5 Å². The molecule has 0 aromatic heterocycles. The van der Waals surface area contributed by atoms with E-state index < -0.39 is 30.6 Å². The molecular weight excluding hydrogens is 354 g/mol. The van der Waals surface area contributed by atoms with E-state index in [1.807, 2.05) is 54.6 Å². The van der Waals surface area contributed by atoms with Crippen LogP contribution in [0.3, 0.4) is 0 Å². The first kappa shape index (κ1) is 18.8. The molecule has 0 bridgehead atoms. The largest absolute Gasteiger partial charge is 0.465 e. The molecule has 0 saturated carbocycles. The van der Waals surface area contributed by atoms with Gasteiger partial charge in [-0.3, -0.25) is 4.90 Å². The lowest BCUT2D eigenvalue weighted by Crippen LogP contribution is -2.62. The number of carboxylic acid groups (broad SMARTS) is 1. The second-order valence-electron chi connectivity index (χ2n) is 6.62. The van der Waals surface area contributed by atoms with Gasteiger partial charge in [0.2, 0.25) is 0 Å². The number of benzene rings is 2. The number of alkyl halides is 2. The number of amides is 3. The van der Waals surface area contributed by atoms with Gasteiger partial charge >= 0.3 is 18.2 Å². The Labute approximate surface area is 155 Å². The Bertz CT molecular complexity index is 825. The van der Waals surface area contributed by atoms with E-state index in [-0.39, 0.29) is 13.0 Å². The third kappa shape index (κ3) is 3.92. The van der Waals surface area contributed by atoms with E-state index in [1.54, 1.807) is 0 Å². The highest BCUT2D eigenvalue weighted by Gasteiger charge is 2.51. The van der Waals surface area contributed by atoms with Crippen molar-refractivity contribution in [2.45, 2.75) is 31.9 Å². The minimum Gasteiger partial charge on any atom is -0.465 e. The fourth-order valence-electron chi connectivity index (χ4n) is 3.11. The van der Waals surface area contributed by atoms with E-state index in [0.717, 1.165) is 16.7 Å². The average molecular weight is 374 g/mol. The number of imide groups is 1. The fourth-order valence-corrected chi connectivity index (χ4v) is 3.11. The zero-order valence-corrected chi connectivity index (χ0v) is 14.8. The highest BCUT2D eigenvalue weighted by Crippen LogP contribution is 2.35. The van der Waals surface area contributed by atoms with Gasteiger partial charge in [0.1, 0.15) is 0 Å². The lowest BCUT2D eigenvalue weighted by Gasteiger charge is -2.42. The first-order valence-corrected chi connectivity index (χ1v) is 8.65. The summed E-state index contributed by atoms with van der Waals surface area (Å²) >= 11 is 0. The molecule has 3 amide bonds. The predicted octanol–water partition coefficient (Wildman–Crippen LogP) is 4.68. The Morgan fingerprint density at radius 3 is 2.19 bits per heavy atom. The summed E-state index contributed by atoms with van der Waals surface area (Å²) in [6.45, 7) is 1.39. The normalized spacial score (nSPS) is 16.3. The summed E-state index contributed by atoms with van der Waals surface area (Å²) in [6.07, 6.45) is -1.73. The van der Waals surface area contributed by atoms with Crippen LogP contribution in [0.4, 0.5) is 18.4 Å². The van der Waals surface area contributed by atoms with Crippen molar-refractivity contribution in [1.82, 2.24) is 9.80 Å². The Kier molecular flexibility index (Phi) is 5.12. The van der Waals surface area contributed by atoms with Crippen LogP contribution in [0.1, 0.15) is 18.9 Å². The number of carbonyl (C=O) groups excluding carboxylic acids is 1. The van der Waals surface area contributed by atoms with Gasteiger partial charge in [-0.1, -0.05) is 54.6 Å². The maximum atomic E-state index is 13.5. The zero-order chi connectivity index (χ0) is 19.6. The molecule has 142 valence electrons. The highest BCUT2D eigenvalue weighted by molar-refractivity contribution is 5.91. The molecule has 2 aromatic rings. The van der Waals surface area contributed by atoms with Crippen molar-refractivity contribution in [2.24, 2.45) is 0 Å². The quantitative estimate of drug-likeness (QED) is 0.790. The summed E-state index contributed by atoms with van der Waals surface area (Å²) in [6, 6.07) is 12.1. The molecule has 1 saturated heterocycles. The third-order valence-electron chi connectivity index (χ3n) is 4.71. The molecule has 1 atom stereocenters. The second-order valence-corrected chi connectivity index (χ2v) is 6.62. The van der Waals surface area contributed by atoms with Crippen LogP contribution in [0.2, 0.25) is 0 Å². The van der Waals surface area contributed by atoms with Gasteiger partial charge in [0.05, 0.1) is 6.42 Å². The molecule has 1 unspecified atom stereocenters. The van der Waals surface area contributed by atoms with E-state index in [9.17, 15) is 23.5 Å². The molecule has 0 spiro atoms. The van der Waals surface area contributed by atoms with Crippen molar-refractivity contribution in [3.63, 3.8) is 0 Å². The molecule has 5 nitrogen and oxygen atoms in total. The first-order chi connectivity index (χ1) is 12.8. The van der Waals surface area contributed by atoms with Crippen LogP contribution < -0.4 is 0 Å². The van der Waals surface area contributed by atoms with Gasteiger partial charge in [0.25, 0.3) is 0 Å². The van der Waals surface area contributed by atoms with Gasteiger partial charge in [-0.15, -0.1) is 0 Å². The van der Waals surface area contributed by atoms with Gasteiger partial charge in [0, 0.05) is 12.6 Å². The number of likely N-dealkylation sites (tertiary alicyclic amines) is 1. The van der Waals surface area contributed by atoms with Crippen molar-refractivity contribution >= 4 is 12.1 Å². The van der Waals surface area contributed by atoms with Crippen molar-refractivity contribution in [1.29, 1.82) is 0 Å². The Balaban J connectivity index is 1.71. The number of rotatable bonds is 4. The molecule has 7 heteroatoms. The van der Waals surface area contributed by atoms with Crippen LogP contribution in [0, 0.1) is 0 Å². The third-order valence-corrected chi connectivity index (χ3v) is 4.71. The number of hydrogen-bond donors (Lipinski definition) is 1. The Morgan fingerprint density at radius 1 is 1.11 bits per heavy atom. The van der Waals surface area contributed by atoms with E-state index in [2.05, 4.69) is 0 Å². The van der Waals surface area contributed by atoms with Crippen LogP contribution in [-0.2, 0) is 6.42 Å². The predicted molar refractivity (Wildman–Crippen MR) is 96.6 cm³/mol. The number of nitrogens with zero attached hydrogens (tertiary/aromatic N) is 2. The molecule has 27 heavy (non-hydrogen) atoms. The number of halogens is 2. The zero-order valence-electron chi connectivity index (χ0n) is 14.8. The summed E-state index contributed by atoms with van der Waals surface area (Å²) in [5.41, 5.74) is 2.88. The molecule has 1 heterocycles. The maximum Gasteiger partial charge on any atom is 0.415 e. The summed E-state index contributed by atoms with van der Waals surface area (Å²) < 4.78 is 26.9. The molecule has 1 fully saturated rings. The number of hydrogen-bond acceptors (Lipinski definition) is 2. The van der Waals surface area contributed by atoms with Gasteiger partial charge in [-0.2, -0.15) is 8.78 Å². The SMILES string of the molecule is CC(Cc1ccc(-c2ccccc2)cc1)N(C(=O)O)C(=O)N1CCC1(F)F. The van der Waals surface area contributed by atoms with Gasteiger partial charge < -0.3 is 5.11 Å². The smallest absolute Gasteiger partial charge is 0.415 e. The topological polar surface area (TPSA) is 60.9 Å². The number of urea groups is 1. The average Bonchev–Trinajstić information content (AvgIpc) is 2.62. The summed E-state index contributed by atoms with van der Waals surface area (Å²) in [5, 5.41) is 9.36.